The molecular formula is C31H21N7. The molecule has 7 nitrogen and oxygen atoms in total. The van der Waals surface area contributed by atoms with Crippen molar-refractivity contribution in [1.82, 2.24) is 29.4 Å². The Balaban J connectivity index is 1.40. The quantitative estimate of drug-likeness (QED) is 0.317. The van der Waals surface area contributed by atoms with Crippen LogP contribution < -0.4 is 5.32 Å². The number of hydrogen-bond acceptors (Lipinski definition) is 5. The molecule has 180 valence electrons. The van der Waals surface area contributed by atoms with Crippen molar-refractivity contribution in [2.24, 2.45) is 4.99 Å². The summed E-state index contributed by atoms with van der Waals surface area (Å²) in [5.41, 5.74) is 9.00. The highest BCUT2D eigenvalue weighted by molar-refractivity contribution is 6.15. The summed E-state index contributed by atoms with van der Waals surface area (Å²) < 4.78 is 4.27. The predicted molar refractivity (Wildman–Crippen MR) is 152 cm³/mol. The van der Waals surface area contributed by atoms with Gasteiger partial charge in [0.05, 0.1) is 16.7 Å². The van der Waals surface area contributed by atoms with Gasteiger partial charge in [0.15, 0.2) is 11.3 Å². The first-order chi connectivity index (χ1) is 18.9. The van der Waals surface area contributed by atoms with Crippen LogP contribution in [0, 0.1) is 0 Å². The van der Waals surface area contributed by atoms with Crippen LogP contribution in [0.1, 0.15) is 11.7 Å². The van der Waals surface area contributed by atoms with Gasteiger partial charge in [0.2, 0.25) is 0 Å². The van der Waals surface area contributed by atoms with E-state index >= 15 is 0 Å². The van der Waals surface area contributed by atoms with E-state index in [1.807, 2.05) is 60.9 Å². The van der Waals surface area contributed by atoms with Gasteiger partial charge in [-0.3, -0.25) is 19.1 Å². The van der Waals surface area contributed by atoms with E-state index in [2.05, 4.69) is 63.0 Å². The summed E-state index contributed by atoms with van der Waals surface area (Å²) in [4.78, 5) is 20.0. The molecule has 7 heteroatoms. The summed E-state index contributed by atoms with van der Waals surface area (Å²) in [5, 5.41) is 4.50. The van der Waals surface area contributed by atoms with Crippen molar-refractivity contribution >= 4 is 56.2 Å². The third-order valence-corrected chi connectivity index (χ3v) is 7.07. The number of aliphatic imine (C=N–C) groups is 1. The molecule has 3 aromatic carbocycles. The van der Waals surface area contributed by atoms with Gasteiger partial charge in [-0.2, -0.15) is 0 Å². The molecule has 0 spiro atoms. The highest BCUT2D eigenvalue weighted by Crippen LogP contribution is 2.35. The summed E-state index contributed by atoms with van der Waals surface area (Å²) >= 11 is 0. The van der Waals surface area contributed by atoms with Crippen LogP contribution in [0.5, 0.6) is 0 Å². The van der Waals surface area contributed by atoms with Crippen LogP contribution in [0.15, 0.2) is 114 Å². The number of para-hydroxylation sites is 2. The largest absolute Gasteiger partial charge is 0.364 e. The summed E-state index contributed by atoms with van der Waals surface area (Å²) in [5.74, 6) is 0. The molecule has 1 unspecified atom stereocenters. The first-order valence-electron chi connectivity index (χ1n) is 12.5. The van der Waals surface area contributed by atoms with Crippen molar-refractivity contribution in [3.05, 3.63) is 115 Å². The molecule has 4 aromatic heterocycles. The molecule has 0 amide bonds. The van der Waals surface area contributed by atoms with E-state index in [0.29, 0.717) is 0 Å². The summed E-state index contributed by atoms with van der Waals surface area (Å²) in [6.45, 7) is 0. The van der Waals surface area contributed by atoms with Crippen molar-refractivity contribution in [1.29, 1.82) is 0 Å². The van der Waals surface area contributed by atoms with E-state index in [-0.39, 0.29) is 6.17 Å². The van der Waals surface area contributed by atoms with E-state index < -0.39 is 0 Å². The minimum absolute atomic E-state index is 0.135. The topological polar surface area (TPSA) is 72.9 Å². The predicted octanol–water partition coefficient (Wildman–Crippen LogP) is 6.25. The van der Waals surface area contributed by atoms with E-state index in [0.717, 1.165) is 61.2 Å². The zero-order valence-electron chi connectivity index (χ0n) is 20.2. The van der Waals surface area contributed by atoms with Crippen molar-refractivity contribution in [2.75, 3.05) is 0 Å². The monoisotopic (exact) mass is 491 g/mol. The molecule has 0 bridgehead atoms. The van der Waals surface area contributed by atoms with Gasteiger partial charge in [-0.05, 0) is 35.9 Å². The lowest BCUT2D eigenvalue weighted by molar-refractivity contribution is 0.652. The van der Waals surface area contributed by atoms with Gasteiger partial charge < -0.3 is 5.32 Å². The van der Waals surface area contributed by atoms with E-state index in [4.69, 9.17) is 19.9 Å². The number of nitrogens with one attached hydrogen (secondary N) is 1. The van der Waals surface area contributed by atoms with Crippen molar-refractivity contribution in [2.45, 2.75) is 6.17 Å². The van der Waals surface area contributed by atoms with Crippen LogP contribution in [0.25, 0.3) is 55.6 Å². The number of benzene rings is 3. The van der Waals surface area contributed by atoms with Gasteiger partial charge in [0.25, 0.3) is 0 Å². The SMILES string of the molecule is C1=NC(c2ccccc2)NC=C1n1c2cccnc2c2nc3c4ccccc4n(-c4ccccc4)c3nc21. The lowest BCUT2D eigenvalue weighted by Gasteiger charge is -2.19. The lowest BCUT2D eigenvalue weighted by atomic mass is 10.1. The molecule has 5 heterocycles. The molecule has 8 rings (SSSR count). The molecule has 1 atom stereocenters. The summed E-state index contributed by atoms with van der Waals surface area (Å²) in [6, 6.07) is 32.8. The average molecular weight is 492 g/mol. The normalized spacial score (nSPS) is 15.4. The fraction of sp³-hybridized carbons (Fsp3) is 0.0323. The number of pyridine rings is 1. The number of allylic oxidation sites excluding steroid dienone is 1. The Morgan fingerprint density at radius 1 is 0.632 bits per heavy atom. The van der Waals surface area contributed by atoms with Crippen LogP contribution in [0.2, 0.25) is 0 Å². The standard InChI is InChI=1S/C31H21N7/c1-3-10-20(11-4-1)29-33-18-22(19-34-29)38-25-16-9-17-32-27(25)28-31(38)36-30-26(35-28)23-14-7-8-15-24(23)37(30)21-12-5-2-6-13-21/h1-19,29,33H. The maximum absolute atomic E-state index is 5.27. The first kappa shape index (κ1) is 20.8. The van der Waals surface area contributed by atoms with E-state index in [1.54, 1.807) is 6.20 Å². The third-order valence-electron chi connectivity index (χ3n) is 7.07. The van der Waals surface area contributed by atoms with Crippen molar-refractivity contribution < 1.29 is 0 Å². The Hall–Kier alpha value is -5.30. The van der Waals surface area contributed by atoms with E-state index in [1.165, 1.54) is 0 Å². The smallest absolute Gasteiger partial charge is 0.168 e. The lowest BCUT2D eigenvalue weighted by Crippen LogP contribution is -2.19. The van der Waals surface area contributed by atoms with Gasteiger partial charge in [-0.1, -0.05) is 66.7 Å². The second-order valence-corrected chi connectivity index (χ2v) is 9.29. The number of fused-ring (bicyclic) bond motifs is 6. The molecular weight excluding hydrogens is 470 g/mol. The minimum atomic E-state index is -0.135. The van der Waals surface area contributed by atoms with Gasteiger partial charge in [-0.15, -0.1) is 0 Å². The zero-order valence-corrected chi connectivity index (χ0v) is 20.2. The van der Waals surface area contributed by atoms with Crippen molar-refractivity contribution in [3.8, 4) is 5.69 Å². The van der Waals surface area contributed by atoms with Gasteiger partial charge in [0, 0.05) is 29.7 Å². The Morgan fingerprint density at radius 3 is 2.18 bits per heavy atom. The molecule has 0 radical (unpaired) electrons. The van der Waals surface area contributed by atoms with Crippen LogP contribution in [0.3, 0.4) is 0 Å². The second kappa shape index (κ2) is 8.11. The zero-order chi connectivity index (χ0) is 25.1. The fourth-order valence-electron chi connectivity index (χ4n) is 5.36. The third kappa shape index (κ3) is 3.02. The highest BCUT2D eigenvalue weighted by atomic mass is 15.2. The van der Waals surface area contributed by atoms with Crippen LogP contribution in [-0.2, 0) is 0 Å². The minimum Gasteiger partial charge on any atom is -0.364 e. The molecule has 0 aliphatic carbocycles. The molecule has 38 heavy (non-hydrogen) atoms. The highest BCUT2D eigenvalue weighted by Gasteiger charge is 2.23. The number of rotatable bonds is 3. The van der Waals surface area contributed by atoms with Gasteiger partial charge in [0.1, 0.15) is 22.7 Å². The molecule has 7 aromatic rings. The number of hydrogen-bond donors (Lipinski definition) is 1. The Bertz CT molecular complexity index is 2050. The first-order valence-corrected chi connectivity index (χ1v) is 12.5. The molecule has 1 aliphatic rings. The van der Waals surface area contributed by atoms with Gasteiger partial charge >= 0.3 is 0 Å². The van der Waals surface area contributed by atoms with Crippen LogP contribution in [0.4, 0.5) is 0 Å². The Kier molecular flexibility index (Phi) is 4.45. The molecule has 0 saturated carbocycles. The Morgan fingerprint density at radius 2 is 1.37 bits per heavy atom. The number of aromatic nitrogens is 5. The van der Waals surface area contributed by atoms with E-state index in [9.17, 15) is 0 Å². The summed E-state index contributed by atoms with van der Waals surface area (Å²) in [6.07, 6.45) is 5.57. The maximum Gasteiger partial charge on any atom is 0.168 e. The van der Waals surface area contributed by atoms with Crippen LogP contribution >= 0.6 is 0 Å². The molecule has 0 fully saturated rings. The molecule has 1 N–H and O–H groups in total. The number of nitrogens with zero attached hydrogens (tertiary/aromatic N) is 6. The van der Waals surface area contributed by atoms with Gasteiger partial charge in [-0.25, -0.2) is 9.97 Å². The molecule has 1 aliphatic heterocycles. The van der Waals surface area contributed by atoms with Crippen molar-refractivity contribution in [3.63, 3.8) is 0 Å². The Labute approximate surface area is 217 Å². The molecule has 0 saturated heterocycles. The fourth-order valence-corrected chi connectivity index (χ4v) is 5.36. The van der Waals surface area contributed by atoms with Crippen LogP contribution in [-0.4, -0.2) is 30.3 Å². The average Bonchev–Trinajstić information content (AvgIpc) is 3.49. The second-order valence-electron chi connectivity index (χ2n) is 9.29. The summed E-state index contributed by atoms with van der Waals surface area (Å²) in [7, 11) is 0. The maximum atomic E-state index is 5.27.